The van der Waals surface area contributed by atoms with Crippen molar-refractivity contribution in [3.8, 4) is 0 Å². The second kappa shape index (κ2) is 4.92. The van der Waals surface area contributed by atoms with Crippen LogP contribution in [0.25, 0.3) is 0 Å². The van der Waals surface area contributed by atoms with Gasteiger partial charge in [0.15, 0.2) is 0 Å². The van der Waals surface area contributed by atoms with Crippen LogP contribution in [-0.2, 0) is 0 Å². The van der Waals surface area contributed by atoms with E-state index in [1.54, 1.807) is 6.07 Å². The third-order valence-electron chi connectivity index (χ3n) is 3.58. The fourth-order valence-corrected chi connectivity index (χ4v) is 2.40. The van der Waals surface area contributed by atoms with Gasteiger partial charge in [0.25, 0.3) is 0 Å². The monoisotopic (exact) mass is 237 g/mol. The van der Waals surface area contributed by atoms with Crippen LogP contribution >= 0.6 is 0 Å². The van der Waals surface area contributed by atoms with Gasteiger partial charge in [-0.2, -0.15) is 0 Å². The molecule has 1 aromatic rings. The van der Waals surface area contributed by atoms with Gasteiger partial charge in [0.05, 0.1) is 11.4 Å². The zero-order valence-electron chi connectivity index (χ0n) is 10.5. The number of benzene rings is 1. The number of piperazine rings is 1. The standard InChI is InChI=1S/C13H20FN3/c1-3-11-9-17(7-6-16(11)2)13-8-10(14)4-5-12(13)15/h4-5,8,11H,3,6-7,9,15H2,1-2H3. The smallest absolute Gasteiger partial charge is 0.125 e. The Labute approximate surface area is 102 Å². The lowest BCUT2D eigenvalue weighted by Crippen LogP contribution is -2.51. The number of nitrogen functional groups attached to an aromatic ring is 1. The van der Waals surface area contributed by atoms with E-state index in [0.717, 1.165) is 31.7 Å². The Hall–Kier alpha value is -1.29. The van der Waals surface area contributed by atoms with Gasteiger partial charge in [0.2, 0.25) is 0 Å². The van der Waals surface area contributed by atoms with E-state index < -0.39 is 0 Å². The van der Waals surface area contributed by atoms with E-state index in [2.05, 4.69) is 23.8 Å². The molecule has 3 nitrogen and oxygen atoms in total. The molecule has 0 amide bonds. The number of rotatable bonds is 2. The average Bonchev–Trinajstić information content (AvgIpc) is 2.33. The minimum atomic E-state index is -0.221. The van der Waals surface area contributed by atoms with Gasteiger partial charge in [-0.1, -0.05) is 6.92 Å². The van der Waals surface area contributed by atoms with Gasteiger partial charge in [-0.25, -0.2) is 4.39 Å². The van der Waals surface area contributed by atoms with Crippen LogP contribution in [0.1, 0.15) is 13.3 Å². The Bertz CT molecular complexity index is 394. The molecule has 2 rings (SSSR count). The van der Waals surface area contributed by atoms with E-state index in [9.17, 15) is 4.39 Å². The molecule has 4 heteroatoms. The van der Waals surface area contributed by atoms with Crippen molar-refractivity contribution < 1.29 is 4.39 Å². The molecule has 0 aliphatic carbocycles. The van der Waals surface area contributed by atoms with Gasteiger partial charge in [0, 0.05) is 25.7 Å². The van der Waals surface area contributed by atoms with Crippen molar-refractivity contribution in [3.05, 3.63) is 24.0 Å². The first-order chi connectivity index (χ1) is 8.11. The third-order valence-corrected chi connectivity index (χ3v) is 3.58. The Kier molecular flexibility index (Phi) is 3.52. The summed E-state index contributed by atoms with van der Waals surface area (Å²) in [5.41, 5.74) is 7.41. The van der Waals surface area contributed by atoms with Crippen LogP contribution in [0.3, 0.4) is 0 Å². The number of hydrogen-bond donors (Lipinski definition) is 1. The lowest BCUT2D eigenvalue weighted by atomic mass is 10.1. The van der Waals surface area contributed by atoms with Gasteiger partial charge in [0.1, 0.15) is 5.82 Å². The van der Waals surface area contributed by atoms with Crippen LogP contribution in [0.4, 0.5) is 15.8 Å². The Morgan fingerprint density at radius 2 is 2.18 bits per heavy atom. The van der Waals surface area contributed by atoms with Crippen molar-refractivity contribution in [2.24, 2.45) is 0 Å². The summed E-state index contributed by atoms with van der Waals surface area (Å²) in [5, 5.41) is 0. The molecule has 17 heavy (non-hydrogen) atoms. The minimum absolute atomic E-state index is 0.221. The fourth-order valence-electron chi connectivity index (χ4n) is 2.40. The highest BCUT2D eigenvalue weighted by Gasteiger charge is 2.24. The predicted molar refractivity (Wildman–Crippen MR) is 69.7 cm³/mol. The molecule has 0 bridgehead atoms. The Morgan fingerprint density at radius 3 is 2.88 bits per heavy atom. The maximum absolute atomic E-state index is 13.3. The first kappa shape index (κ1) is 12.2. The number of halogens is 1. The van der Waals surface area contributed by atoms with Crippen LogP contribution in [0.2, 0.25) is 0 Å². The maximum Gasteiger partial charge on any atom is 0.125 e. The lowest BCUT2D eigenvalue weighted by Gasteiger charge is -2.40. The van der Waals surface area contributed by atoms with Gasteiger partial charge >= 0.3 is 0 Å². The maximum atomic E-state index is 13.3. The molecular formula is C13H20FN3. The van der Waals surface area contributed by atoms with Crippen LogP contribution in [-0.4, -0.2) is 37.6 Å². The molecule has 1 fully saturated rings. The zero-order chi connectivity index (χ0) is 12.4. The second-order valence-electron chi connectivity index (χ2n) is 4.69. The molecular weight excluding hydrogens is 217 g/mol. The first-order valence-electron chi connectivity index (χ1n) is 6.12. The minimum Gasteiger partial charge on any atom is -0.397 e. The number of nitrogens with zero attached hydrogens (tertiary/aromatic N) is 2. The van der Waals surface area contributed by atoms with Crippen molar-refractivity contribution in [1.82, 2.24) is 4.90 Å². The summed E-state index contributed by atoms with van der Waals surface area (Å²) in [4.78, 5) is 4.54. The van der Waals surface area contributed by atoms with Crippen LogP contribution in [0.15, 0.2) is 18.2 Å². The number of likely N-dealkylation sites (N-methyl/N-ethyl adjacent to an activating group) is 1. The summed E-state index contributed by atoms with van der Waals surface area (Å²) in [6.07, 6.45) is 1.10. The summed E-state index contributed by atoms with van der Waals surface area (Å²) in [6.45, 7) is 5.00. The van der Waals surface area contributed by atoms with Gasteiger partial charge < -0.3 is 10.6 Å². The van der Waals surface area contributed by atoms with Crippen molar-refractivity contribution in [1.29, 1.82) is 0 Å². The molecule has 1 heterocycles. The number of hydrogen-bond acceptors (Lipinski definition) is 3. The number of anilines is 2. The van der Waals surface area contributed by atoms with E-state index in [0.29, 0.717) is 11.7 Å². The molecule has 0 saturated carbocycles. The molecule has 0 aromatic heterocycles. The van der Waals surface area contributed by atoms with E-state index in [1.807, 2.05) is 0 Å². The molecule has 1 aromatic carbocycles. The van der Waals surface area contributed by atoms with Crippen LogP contribution in [0.5, 0.6) is 0 Å². The summed E-state index contributed by atoms with van der Waals surface area (Å²) in [5.74, 6) is -0.221. The highest BCUT2D eigenvalue weighted by Crippen LogP contribution is 2.26. The molecule has 1 unspecified atom stereocenters. The van der Waals surface area contributed by atoms with Gasteiger partial charge in [-0.3, -0.25) is 4.90 Å². The molecule has 1 saturated heterocycles. The molecule has 1 aliphatic rings. The average molecular weight is 237 g/mol. The van der Waals surface area contributed by atoms with Crippen molar-refractivity contribution in [2.45, 2.75) is 19.4 Å². The van der Waals surface area contributed by atoms with Gasteiger partial charge in [-0.15, -0.1) is 0 Å². The van der Waals surface area contributed by atoms with Crippen molar-refractivity contribution in [3.63, 3.8) is 0 Å². The molecule has 2 N–H and O–H groups in total. The highest BCUT2D eigenvalue weighted by atomic mass is 19.1. The van der Waals surface area contributed by atoms with E-state index in [4.69, 9.17) is 5.73 Å². The summed E-state index contributed by atoms with van der Waals surface area (Å²) < 4.78 is 13.3. The van der Waals surface area contributed by atoms with Crippen molar-refractivity contribution in [2.75, 3.05) is 37.3 Å². The highest BCUT2D eigenvalue weighted by molar-refractivity contribution is 5.67. The fraction of sp³-hybridized carbons (Fsp3) is 0.538. The third kappa shape index (κ3) is 2.52. The molecule has 0 spiro atoms. The van der Waals surface area contributed by atoms with Crippen LogP contribution < -0.4 is 10.6 Å². The summed E-state index contributed by atoms with van der Waals surface area (Å²) >= 11 is 0. The Balaban J connectivity index is 2.20. The lowest BCUT2D eigenvalue weighted by molar-refractivity contribution is 0.213. The van der Waals surface area contributed by atoms with Crippen LogP contribution in [0, 0.1) is 5.82 Å². The van der Waals surface area contributed by atoms with Crippen molar-refractivity contribution >= 4 is 11.4 Å². The van der Waals surface area contributed by atoms with E-state index in [1.165, 1.54) is 12.1 Å². The Morgan fingerprint density at radius 1 is 1.41 bits per heavy atom. The summed E-state index contributed by atoms with van der Waals surface area (Å²) in [7, 11) is 2.14. The topological polar surface area (TPSA) is 32.5 Å². The normalized spacial score (nSPS) is 21.8. The number of nitrogens with two attached hydrogens (primary N) is 1. The SMILES string of the molecule is CCC1CN(c2cc(F)ccc2N)CCN1C. The predicted octanol–water partition coefficient (Wildman–Crippen LogP) is 1.94. The molecule has 0 radical (unpaired) electrons. The second-order valence-corrected chi connectivity index (χ2v) is 4.69. The molecule has 1 aliphatic heterocycles. The summed E-state index contributed by atoms with van der Waals surface area (Å²) in [6, 6.07) is 5.11. The first-order valence-corrected chi connectivity index (χ1v) is 6.12. The molecule has 1 atom stereocenters. The van der Waals surface area contributed by atoms with E-state index >= 15 is 0 Å². The zero-order valence-corrected chi connectivity index (χ0v) is 10.5. The quantitative estimate of drug-likeness (QED) is 0.798. The molecule has 94 valence electrons. The largest absolute Gasteiger partial charge is 0.397 e. The van der Waals surface area contributed by atoms with E-state index in [-0.39, 0.29) is 5.82 Å². The van der Waals surface area contributed by atoms with Gasteiger partial charge in [-0.05, 0) is 31.7 Å².